The first-order valence-corrected chi connectivity index (χ1v) is 11.9. The van der Waals surface area contributed by atoms with Gasteiger partial charge in [0.1, 0.15) is 12.4 Å². The Balaban J connectivity index is 1.80. The maximum atomic E-state index is 13.3. The molecule has 0 fully saturated rings. The quantitative estimate of drug-likeness (QED) is 0.437. The number of Topliss-reactive ketones (excluding diaryl/α,β-unsaturated/α-hetero) is 1. The summed E-state index contributed by atoms with van der Waals surface area (Å²) >= 11 is 1.50. The van der Waals surface area contributed by atoms with Gasteiger partial charge >= 0.3 is 0 Å². The van der Waals surface area contributed by atoms with Crippen LogP contribution in [0.1, 0.15) is 25.5 Å². The lowest BCUT2D eigenvalue weighted by molar-refractivity contribution is -0.119. The van der Waals surface area contributed by atoms with Crippen molar-refractivity contribution in [3.05, 3.63) is 76.3 Å². The van der Waals surface area contributed by atoms with Crippen molar-refractivity contribution in [3.63, 3.8) is 0 Å². The molecular weight excluding hydrogens is 452 g/mol. The number of hydrogen-bond acceptors (Lipinski definition) is 7. The van der Waals surface area contributed by atoms with Crippen molar-refractivity contribution >= 4 is 28.7 Å². The van der Waals surface area contributed by atoms with Gasteiger partial charge in [-0.05, 0) is 18.2 Å². The molecule has 0 saturated heterocycles. The van der Waals surface area contributed by atoms with Gasteiger partial charge < -0.3 is 14.6 Å². The van der Waals surface area contributed by atoms with Gasteiger partial charge in [0.2, 0.25) is 0 Å². The van der Waals surface area contributed by atoms with Crippen molar-refractivity contribution in [2.75, 3.05) is 25.2 Å². The van der Waals surface area contributed by atoms with E-state index in [4.69, 9.17) is 9.47 Å². The first-order valence-electron chi connectivity index (χ1n) is 10.9. The van der Waals surface area contributed by atoms with Crippen LogP contribution < -0.4 is 9.64 Å². The van der Waals surface area contributed by atoms with Gasteiger partial charge in [-0.1, -0.05) is 44.2 Å². The van der Waals surface area contributed by atoms with E-state index in [0.29, 0.717) is 30.2 Å². The minimum atomic E-state index is -0.828. The number of amides is 1. The van der Waals surface area contributed by atoms with Gasteiger partial charge in [0.25, 0.3) is 5.91 Å². The van der Waals surface area contributed by atoms with E-state index in [1.165, 1.54) is 16.2 Å². The van der Waals surface area contributed by atoms with Crippen molar-refractivity contribution in [1.82, 2.24) is 4.98 Å². The van der Waals surface area contributed by atoms with Crippen LogP contribution in [0.3, 0.4) is 0 Å². The van der Waals surface area contributed by atoms with Crippen LogP contribution in [0.4, 0.5) is 5.69 Å². The highest BCUT2D eigenvalue weighted by molar-refractivity contribution is 7.07. The van der Waals surface area contributed by atoms with Crippen LogP contribution in [0.25, 0.3) is 11.3 Å². The summed E-state index contributed by atoms with van der Waals surface area (Å²) in [5.74, 6) is -1.32. The number of ether oxygens (including phenoxy) is 2. The molecule has 0 radical (unpaired) electrons. The Morgan fingerprint density at radius 2 is 1.88 bits per heavy atom. The number of hydrogen-bond donors (Lipinski definition) is 1. The average Bonchev–Trinajstić information content (AvgIpc) is 3.47. The lowest BCUT2D eigenvalue weighted by Crippen LogP contribution is -2.31. The fourth-order valence-corrected chi connectivity index (χ4v) is 4.51. The first-order chi connectivity index (χ1) is 16.4. The van der Waals surface area contributed by atoms with Crippen molar-refractivity contribution in [3.8, 4) is 17.0 Å². The minimum Gasteiger partial charge on any atom is -0.503 e. The highest BCUT2D eigenvalue weighted by Gasteiger charge is 2.45. The molecule has 1 aromatic heterocycles. The maximum absolute atomic E-state index is 13.3. The lowest BCUT2D eigenvalue weighted by Gasteiger charge is -2.28. The first kappa shape index (κ1) is 23.7. The zero-order chi connectivity index (χ0) is 24.2. The summed E-state index contributed by atoms with van der Waals surface area (Å²) in [6.07, 6.45) is 0. The average molecular weight is 479 g/mol. The standard InChI is InChI=1S/C26H26N2O5S/c1-16(2)24(29)22-23(19-6-4-5-7-21(19)33-13-12-32-3)28(26(31)25(22)30)18-10-8-17(9-11-18)20-14-34-15-27-20/h4-11,14-16,23,30H,12-13H2,1-3H3. The van der Waals surface area contributed by atoms with Gasteiger partial charge in [-0.3, -0.25) is 14.5 Å². The second-order valence-corrected chi connectivity index (χ2v) is 8.88. The largest absolute Gasteiger partial charge is 0.503 e. The Kier molecular flexibility index (Phi) is 7.09. The molecule has 3 aromatic rings. The summed E-state index contributed by atoms with van der Waals surface area (Å²) in [6.45, 7) is 4.19. The van der Waals surface area contributed by atoms with Crippen molar-refractivity contribution in [2.24, 2.45) is 5.92 Å². The van der Waals surface area contributed by atoms with E-state index < -0.39 is 23.6 Å². The molecule has 0 bridgehead atoms. The Bertz CT molecular complexity index is 1200. The van der Waals surface area contributed by atoms with Gasteiger partial charge in [-0.15, -0.1) is 11.3 Å². The maximum Gasteiger partial charge on any atom is 0.294 e. The summed E-state index contributed by atoms with van der Waals surface area (Å²) in [7, 11) is 1.59. The molecule has 0 saturated carbocycles. The molecule has 7 nitrogen and oxygen atoms in total. The zero-order valence-corrected chi connectivity index (χ0v) is 20.0. The van der Waals surface area contributed by atoms with Crippen molar-refractivity contribution in [1.29, 1.82) is 0 Å². The molecule has 2 aromatic carbocycles. The monoisotopic (exact) mass is 478 g/mol. The normalized spacial score (nSPS) is 15.9. The third-order valence-electron chi connectivity index (χ3n) is 5.63. The number of methoxy groups -OCH3 is 1. The number of nitrogens with zero attached hydrogens (tertiary/aromatic N) is 2. The number of rotatable bonds is 9. The van der Waals surface area contributed by atoms with E-state index in [1.54, 1.807) is 44.7 Å². The smallest absolute Gasteiger partial charge is 0.294 e. The number of benzene rings is 2. The third-order valence-corrected chi connectivity index (χ3v) is 6.22. The predicted molar refractivity (Wildman–Crippen MR) is 131 cm³/mol. The van der Waals surface area contributed by atoms with Crippen LogP contribution in [0.15, 0.2) is 70.8 Å². The zero-order valence-electron chi connectivity index (χ0n) is 19.2. The summed E-state index contributed by atoms with van der Waals surface area (Å²) in [6, 6.07) is 13.7. The number of carbonyl (C=O) groups excluding carboxylic acids is 2. The van der Waals surface area contributed by atoms with E-state index in [1.807, 2.05) is 35.7 Å². The number of anilines is 1. The molecule has 1 aliphatic heterocycles. The molecule has 0 aliphatic carbocycles. The molecule has 0 spiro atoms. The van der Waals surface area contributed by atoms with Gasteiger partial charge in [-0.25, -0.2) is 4.98 Å². The number of carbonyl (C=O) groups is 2. The molecule has 4 rings (SSSR count). The molecule has 34 heavy (non-hydrogen) atoms. The number of aromatic nitrogens is 1. The van der Waals surface area contributed by atoms with Crippen LogP contribution >= 0.6 is 11.3 Å². The molecular formula is C26H26N2O5S. The van der Waals surface area contributed by atoms with Crippen LogP contribution in [-0.2, 0) is 14.3 Å². The van der Waals surface area contributed by atoms with Crippen molar-refractivity contribution in [2.45, 2.75) is 19.9 Å². The molecule has 1 unspecified atom stereocenters. The van der Waals surface area contributed by atoms with Crippen LogP contribution in [0, 0.1) is 5.92 Å². The summed E-state index contributed by atoms with van der Waals surface area (Å²) < 4.78 is 11.0. The molecule has 8 heteroatoms. The second-order valence-electron chi connectivity index (χ2n) is 8.16. The van der Waals surface area contributed by atoms with E-state index in [9.17, 15) is 14.7 Å². The number of aliphatic hydroxyl groups is 1. The highest BCUT2D eigenvalue weighted by atomic mass is 32.1. The predicted octanol–water partition coefficient (Wildman–Crippen LogP) is 4.96. The van der Waals surface area contributed by atoms with Crippen molar-refractivity contribution < 1.29 is 24.2 Å². The summed E-state index contributed by atoms with van der Waals surface area (Å²) in [5, 5.41) is 12.8. The second kappa shape index (κ2) is 10.2. The Morgan fingerprint density at radius 3 is 2.53 bits per heavy atom. The molecule has 176 valence electrons. The lowest BCUT2D eigenvalue weighted by atomic mass is 9.90. The highest BCUT2D eigenvalue weighted by Crippen LogP contribution is 2.44. The SMILES string of the molecule is COCCOc1ccccc1C1C(C(=O)C(C)C)=C(O)C(=O)N1c1ccc(-c2cscn2)cc1. The molecule has 1 amide bonds. The fraction of sp³-hybridized carbons (Fsp3) is 0.269. The molecule has 1 N–H and O–H groups in total. The molecule has 1 atom stereocenters. The Hall–Kier alpha value is -3.49. The van der Waals surface area contributed by atoms with Gasteiger partial charge in [0, 0.05) is 35.2 Å². The Labute approximate surface area is 202 Å². The van der Waals surface area contributed by atoms with Gasteiger partial charge in [0.05, 0.1) is 29.4 Å². The number of aliphatic hydroxyl groups excluding tert-OH is 1. The minimum absolute atomic E-state index is 0.0753. The van der Waals surface area contributed by atoms with Gasteiger partial charge in [-0.2, -0.15) is 0 Å². The topological polar surface area (TPSA) is 89.0 Å². The van der Waals surface area contributed by atoms with Crippen LogP contribution in [-0.4, -0.2) is 42.1 Å². The van der Waals surface area contributed by atoms with Crippen LogP contribution in [0.5, 0.6) is 5.75 Å². The number of thiazole rings is 1. The fourth-order valence-electron chi connectivity index (χ4n) is 3.95. The van der Waals surface area contributed by atoms with Gasteiger partial charge in [0.15, 0.2) is 11.5 Å². The van der Waals surface area contributed by atoms with E-state index >= 15 is 0 Å². The molecule has 2 heterocycles. The van der Waals surface area contributed by atoms with E-state index in [2.05, 4.69) is 4.98 Å². The third kappa shape index (κ3) is 4.47. The van der Waals surface area contributed by atoms with Crippen LogP contribution in [0.2, 0.25) is 0 Å². The summed E-state index contributed by atoms with van der Waals surface area (Å²) in [4.78, 5) is 32.3. The molecule has 1 aliphatic rings. The number of para-hydroxylation sites is 1. The van der Waals surface area contributed by atoms with E-state index in [-0.39, 0.29) is 11.4 Å². The number of ketones is 1. The van der Waals surface area contributed by atoms with E-state index in [0.717, 1.165) is 11.3 Å². The summed E-state index contributed by atoms with van der Waals surface area (Å²) in [5.41, 5.74) is 4.76. The Morgan fingerprint density at radius 1 is 1.15 bits per heavy atom.